The molecule has 2 aromatic rings. The minimum atomic E-state index is -0.999. The number of aromatic nitrogens is 1. The van der Waals surface area contributed by atoms with Crippen LogP contribution in [0.15, 0.2) is 55.3 Å². The lowest BCUT2D eigenvalue weighted by Gasteiger charge is -2.24. The number of ether oxygens (including phenoxy) is 3. The van der Waals surface area contributed by atoms with Crippen LogP contribution < -0.4 is 14.8 Å². The van der Waals surface area contributed by atoms with Crippen molar-refractivity contribution in [1.29, 1.82) is 0 Å². The zero-order valence-electron chi connectivity index (χ0n) is 16.5. The first kappa shape index (κ1) is 21.7. The highest BCUT2D eigenvalue weighted by Gasteiger charge is 2.26. The number of hydrogen-bond acceptors (Lipinski definition) is 7. The molecule has 0 aliphatic carbocycles. The molecule has 3 atom stereocenters. The Balaban J connectivity index is 1.98. The monoisotopic (exact) mass is 400 g/mol. The molecule has 0 saturated carbocycles. The second kappa shape index (κ2) is 10.1. The van der Waals surface area contributed by atoms with E-state index >= 15 is 0 Å². The highest BCUT2D eigenvalue weighted by molar-refractivity contribution is 5.97. The zero-order valence-corrected chi connectivity index (χ0v) is 16.5. The largest absolute Gasteiger partial charge is 0.503 e. The summed E-state index contributed by atoms with van der Waals surface area (Å²) < 4.78 is 16.1. The molecule has 0 spiro atoms. The van der Waals surface area contributed by atoms with Gasteiger partial charge in [0.1, 0.15) is 17.9 Å². The van der Waals surface area contributed by atoms with Gasteiger partial charge in [-0.05, 0) is 32.1 Å². The molecule has 0 bridgehead atoms. The van der Waals surface area contributed by atoms with Crippen molar-refractivity contribution in [3.8, 4) is 17.2 Å². The Labute approximate surface area is 169 Å². The molecule has 2 N–H and O–H groups in total. The van der Waals surface area contributed by atoms with Crippen LogP contribution in [0, 0.1) is 0 Å². The lowest BCUT2D eigenvalue weighted by Crippen LogP contribution is -2.43. The van der Waals surface area contributed by atoms with Gasteiger partial charge >= 0.3 is 5.97 Å². The fourth-order valence-electron chi connectivity index (χ4n) is 2.44. The van der Waals surface area contributed by atoms with Crippen LogP contribution in [0.25, 0.3) is 0 Å². The molecule has 0 aliphatic rings. The maximum absolute atomic E-state index is 12.4. The minimum absolute atomic E-state index is 0.0963. The molecule has 0 fully saturated rings. The summed E-state index contributed by atoms with van der Waals surface area (Å²) in [6.07, 6.45) is 1.54. The van der Waals surface area contributed by atoms with Gasteiger partial charge in [-0.1, -0.05) is 24.8 Å². The van der Waals surface area contributed by atoms with Crippen LogP contribution >= 0.6 is 0 Å². The molecule has 1 heterocycles. The number of amides is 1. The number of methoxy groups -OCH3 is 1. The molecule has 0 saturated heterocycles. The second-order valence-electron chi connectivity index (χ2n) is 6.18. The molecule has 29 heavy (non-hydrogen) atoms. The first-order valence-corrected chi connectivity index (χ1v) is 8.95. The molecule has 1 aromatic carbocycles. The van der Waals surface area contributed by atoms with E-state index in [0.29, 0.717) is 5.75 Å². The summed E-state index contributed by atoms with van der Waals surface area (Å²) in [5.41, 5.74) is -0.259. The van der Waals surface area contributed by atoms with E-state index < -0.39 is 35.9 Å². The van der Waals surface area contributed by atoms with Crippen molar-refractivity contribution in [3.05, 3.63) is 60.9 Å². The average Bonchev–Trinajstić information content (AvgIpc) is 2.72. The van der Waals surface area contributed by atoms with Gasteiger partial charge in [-0.25, -0.2) is 9.78 Å². The van der Waals surface area contributed by atoms with Crippen LogP contribution in [-0.4, -0.2) is 47.3 Å². The van der Waals surface area contributed by atoms with Crippen molar-refractivity contribution in [2.75, 3.05) is 7.11 Å². The average molecular weight is 400 g/mol. The number of nitrogens with one attached hydrogen (secondary N) is 1. The van der Waals surface area contributed by atoms with Crippen LogP contribution in [0.1, 0.15) is 24.3 Å². The van der Waals surface area contributed by atoms with E-state index in [-0.39, 0.29) is 11.4 Å². The summed E-state index contributed by atoms with van der Waals surface area (Å²) in [6, 6.07) is 9.51. The number of hydrogen-bond donors (Lipinski definition) is 2. The number of para-hydroxylation sites is 1. The zero-order chi connectivity index (χ0) is 21.4. The van der Waals surface area contributed by atoms with E-state index in [4.69, 9.17) is 14.2 Å². The Hall–Kier alpha value is -3.55. The summed E-state index contributed by atoms with van der Waals surface area (Å²) in [4.78, 5) is 28.6. The standard InChI is InChI=1S/C21H24N2O6/c1-5-16(14(3)28-15-9-7-6-8-10-15)29-21(26)13(2)23-20(25)18-19(24)17(27-4)11-12-22-18/h5-14,16,24H,1H2,2-4H3,(H,23,25)/t13-,14-,16+/m0/s1. The number of pyridine rings is 1. The van der Waals surface area contributed by atoms with Crippen LogP contribution in [0.2, 0.25) is 0 Å². The molecule has 8 nitrogen and oxygen atoms in total. The van der Waals surface area contributed by atoms with E-state index in [1.807, 2.05) is 18.2 Å². The second-order valence-corrected chi connectivity index (χ2v) is 6.18. The molecule has 154 valence electrons. The van der Waals surface area contributed by atoms with Crippen molar-refractivity contribution in [3.63, 3.8) is 0 Å². The predicted octanol–water partition coefficient (Wildman–Crippen LogP) is 2.48. The fraction of sp³-hybridized carbons (Fsp3) is 0.286. The lowest BCUT2D eigenvalue weighted by atomic mass is 10.2. The number of benzene rings is 1. The predicted molar refractivity (Wildman–Crippen MR) is 106 cm³/mol. The third-order valence-corrected chi connectivity index (χ3v) is 4.04. The normalized spacial score (nSPS) is 13.5. The summed E-state index contributed by atoms with van der Waals surface area (Å²) in [5, 5.41) is 12.5. The number of nitrogens with zero attached hydrogens (tertiary/aromatic N) is 1. The summed E-state index contributed by atoms with van der Waals surface area (Å²) in [7, 11) is 1.35. The molecule has 1 aromatic heterocycles. The maximum atomic E-state index is 12.4. The number of carbonyl (C=O) groups excluding carboxylic acids is 2. The van der Waals surface area contributed by atoms with Gasteiger partial charge in [0, 0.05) is 12.3 Å². The molecule has 0 radical (unpaired) electrons. The topological polar surface area (TPSA) is 107 Å². The molecule has 0 aliphatic heterocycles. The van der Waals surface area contributed by atoms with Crippen molar-refractivity contribution in [1.82, 2.24) is 10.3 Å². The Morgan fingerprint density at radius 1 is 1.21 bits per heavy atom. The van der Waals surface area contributed by atoms with Gasteiger partial charge in [0.25, 0.3) is 5.91 Å². The third kappa shape index (κ3) is 5.71. The smallest absolute Gasteiger partial charge is 0.329 e. The van der Waals surface area contributed by atoms with Crippen LogP contribution in [0.4, 0.5) is 0 Å². The Bertz CT molecular complexity index is 856. The van der Waals surface area contributed by atoms with Gasteiger partial charge < -0.3 is 24.6 Å². The Morgan fingerprint density at radius 3 is 2.52 bits per heavy atom. The lowest BCUT2D eigenvalue weighted by molar-refractivity contribution is -0.152. The van der Waals surface area contributed by atoms with E-state index in [2.05, 4.69) is 16.9 Å². The first-order valence-electron chi connectivity index (χ1n) is 8.95. The summed E-state index contributed by atoms with van der Waals surface area (Å²) >= 11 is 0. The molecule has 1 amide bonds. The number of carbonyl (C=O) groups is 2. The van der Waals surface area contributed by atoms with Crippen molar-refractivity contribution in [2.45, 2.75) is 32.1 Å². The van der Waals surface area contributed by atoms with Crippen molar-refractivity contribution < 1.29 is 28.9 Å². The highest BCUT2D eigenvalue weighted by atomic mass is 16.6. The molecular weight excluding hydrogens is 376 g/mol. The highest BCUT2D eigenvalue weighted by Crippen LogP contribution is 2.27. The van der Waals surface area contributed by atoms with Crippen LogP contribution in [0.3, 0.4) is 0 Å². The van der Waals surface area contributed by atoms with Gasteiger partial charge in [-0.3, -0.25) is 4.79 Å². The quantitative estimate of drug-likeness (QED) is 0.492. The molecular formula is C21H24N2O6. The van der Waals surface area contributed by atoms with Crippen LogP contribution in [0.5, 0.6) is 17.2 Å². The summed E-state index contributed by atoms with van der Waals surface area (Å²) in [6.45, 7) is 6.88. The van der Waals surface area contributed by atoms with E-state index in [9.17, 15) is 14.7 Å². The molecule has 8 heteroatoms. The van der Waals surface area contributed by atoms with Gasteiger partial charge in [0.2, 0.25) is 0 Å². The van der Waals surface area contributed by atoms with Gasteiger partial charge in [-0.2, -0.15) is 0 Å². The third-order valence-electron chi connectivity index (χ3n) is 4.04. The summed E-state index contributed by atoms with van der Waals surface area (Å²) in [5.74, 6) is -1.12. The van der Waals surface area contributed by atoms with Gasteiger partial charge in [-0.15, -0.1) is 0 Å². The molecule has 0 unspecified atom stereocenters. The number of esters is 1. The molecule has 2 rings (SSSR count). The van der Waals surface area contributed by atoms with E-state index in [1.54, 1.807) is 19.1 Å². The van der Waals surface area contributed by atoms with Gasteiger partial charge in [0.05, 0.1) is 7.11 Å². The van der Waals surface area contributed by atoms with Crippen molar-refractivity contribution in [2.24, 2.45) is 0 Å². The van der Waals surface area contributed by atoms with E-state index in [1.165, 1.54) is 32.4 Å². The Morgan fingerprint density at radius 2 is 1.90 bits per heavy atom. The maximum Gasteiger partial charge on any atom is 0.329 e. The minimum Gasteiger partial charge on any atom is -0.503 e. The SMILES string of the molecule is C=C[C@@H](OC(=O)[C@H](C)NC(=O)c1nccc(OC)c1O)[C@H](C)Oc1ccccc1. The van der Waals surface area contributed by atoms with E-state index in [0.717, 1.165) is 0 Å². The number of rotatable bonds is 9. The van der Waals surface area contributed by atoms with Crippen molar-refractivity contribution >= 4 is 11.9 Å². The fourth-order valence-corrected chi connectivity index (χ4v) is 2.44. The number of aromatic hydroxyl groups is 1. The Kier molecular flexibility index (Phi) is 7.59. The first-order chi connectivity index (χ1) is 13.9. The van der Waals surface area contributed by atoms with Gasteiger partial charge in [0.15, 0.2) is 23.3 Å². The van der Waals surface area contributed by atoms with Crippen LogP contribution in [-0.2, 0) is 9.53 Å².